The number of nitrogens with zero attached hydrogens (tertiary/aromatic N) is 5. The van der Waals surface area contributed by atoms with Gasteiger partial charge in [-0.25, -0.2) is 14.4 Å². The number of thiophene rings is 1. The van der Waals surface area contributed by atoms with Gasteiger partial charge in [0.1, 0.15) is 15.6 Å². The van der Waals surface area contributed by atoms with E-state index in [9.17, 15) is 9.18 Å². The van der Waals surface area contributed by atoms with Gasteiger partial charge in [0.25, 0.3) is 5.91 Å². The average molecular weight is 510 g/mol. The van der Waals surface area contributed by atoms with Crippen LogP contribution in [0.3, 0.4) is 0 Å². The molecule has 1 amide bonds. The molecule has 3 aromatic rings. The van der Waals surface area contributed by atoms with Crippen LogP contribution in [0.1, 0.15) is 10.4 Å². The molecular weight excluding hydrogens is 498 g/mol. The summed E-state index contributed by atoms with van der Waals surface area (Å²) >= 11 is 3.28. The first-order chi connectivity index (χ1) is 13.6. The van der Waals surface area contributed by atoms with Crippen molar-refractivity contribution >= 4 is 60.7 Å². The zero-order valence-electron chi connectivity index (χ0n) is 14.2. The second kappa shape index (κ2) is 7.87. The van der Waals surface area contributed by atoms with Crippen molar-refractivity contribution in [1.29, 1.82) is 0 Å². The van der Waals surface area contributed by atoms with Crippen molar-refractivity contribution in [2.24, 2.45) is 5.11 Å². The fraction of sp³-hybridized carbons (Fsp3) is 0.176. The third-order valence-corrected chi connectivity index (χ3v) is 5.80. The van der Waals surface area contributed by atoms with Crippen LogP contribution in [-0.2, 0) is 4.84 Å². The summed E-state index contributed by atoms with van der Waals surface area (Å²) in [5.41, 5.74) is 9.18. The van der Waals surface area contributed by atoms with E-state index in [2.05, 4.69) is 20.3 Å². The van der Waals surface area contributed by atoms with E-state index in [4.69, 9.17) is 10.4 Å². The first-order valence-electron chi connectivity index (χ1n) is 8.15. The summed E-state index contributed by atoms with van der Waals surface area (Å²) in [6.45, 7) is 0.280. The monoisotopic (exact) mass is 510 g/mol. The number of nitrogens with one attached hydrogen (secondary N) is 1. The quantitative estimate of drug-likeness (QED) is 0.235. The van der Waals surface area contributed by atoms with Crippen molar-refractivity contribution < 1.29 is 14.0 Å². The molecule has 3 heterocycles. The van der Waals surface area contributed by atoms with Crippen LogP contribution in [0.2, 0.25) is 0 Å². The number of pyridine rings is 1. The summed E-state index contributed by atoms with van der Waals surface area (Å²) in [4.78, 5) is 26.2. The van der Waals surface area contributed by atoms with Crippen molar-refractivity contribution in [3.8, 4) is 0 Å². The van der Waals surface area contributed by atoms with Crippen LogP contribution in [0, 0.1) is 9.39 Å². The number of carbonyl (C=O) groups is 1. The average Bonchev–Trinajstić information content (AvgIpc) is 3.28. The van der Waals surface area contributed by atoms with Crippen molar-refractivity contribution in [2.75, 3.05) is 18.5 Å². The first-order valence-corrected chi connectivity index (χ1v) is 10.0. The predicted octanol–water partition coefficient (Wildman–Crippen LogP) is 4.85. The van der Waals surface area contributed by atoms with Crippen LogP contribution >= 0.6 is 33.9 Å². The smallest absolute Gasteiger partial charge is 0.281 e. The van der Waals surface area contributed by atoms with Crippen molar-refractivity contribution in [2.45, 2.75) is 6.04 Å². The first kappa shape index (κ1) is 18.9. The van der Waals surface area contributed by atoms with Crippen molar-refractivity contribution in [1.82, 2.24) is 10.0 Å². The minimum Gasteiger partial charge on any atom is -0.344 e. The number of azide groups is 1. The highest BCUT2D eigenvalue weighted by Gasteiger charge is 2.31. The minimum absolute atomic E-state index is 0.130. The van der Waals surface area contributed by atoms with Crippen LogP contribution in [0.25, 0.3) is 20.7 Å². The topological polar surface area (TPSA) is 103 Å². The Morgan fingerprint density at radius 2 is 2.36 bits per heavy atom. The van der Waals surface area contributed by atoms with Gasteiger partial charge < -0.3 is 5.32 Å². The van der Waals surface area contributed by atoms with Gasteiger partial charge in [-0.1, -0.05) is 16.5 Å². The lowest BCUT2D eigenvalue weighted by Gasteiger charge is -2.15. The fourth-order valence-electron chi connectivity index (χ4n) is 2.83. The molecule has 4 rings (SSSR count). The van der Waals surface area contributed by atoms with Crippen LogP contribution in [0.4, 0.5) is 15.1 Å². The van der Waals surface area contributed by atoms with Gasteiger partial charge in [0.2, 0.25) is 0 Å². The number of rotatable bonds is 4. The maximum absolute atomic E-state index is 14.3. The van der Waals surface area contributed by atoms with Gasteiger partial charge in [0.15, 0.2) is 0 Å². The van der Waals surface area contributed by atoms with E-state index in [0.29, 0.717) is 20.8 Å². The van der Waals surface area contributed by atoms with Gasteiger partial charge in [-0.3, -0.25) is 9.63 Å². The second-order valence-electron chi connectivity index (χ2n) is 5.93. The lowest BCUT2D eigenvalue weighted by molar-refractivity contribution is -0.0767. The number of amides is 1. The van der Waals surface area contributed by atoms with Gasteiger partial charge in [-0.05, 0) is 58.5 Å². The van der Waals surface area contributed by atoms with E-state index in [1.165, 1.54) is 22.5 Å². The summed E-state index contributed by atoms with van der Waals surface area (Å²) < 4.78 is 15.1. The van der Waals surface area contributed by atoms with E-state index >= 15 is 0 Å². The zero-order chi connectivity index (χ0) is 19.7. The molecule has 2 aromatic heterocycles. The Labute approximate surface area is 176 Å². The number of fused-ring (bicyclic) bond motifs is 1. The molecule has 1 unspecified atom stereocenters. The van der Waals surface area contributed by atoms with Crippen LogP contribution < -0.4 is 5.32 Å². The molecule has 1 saturated heterocycles. The third kappa shape index (κ3) is 3.61. The molecule has 1 atom stereocenters. The number of aromatic nitrogens is 1. The molecule has 0 bridgehead atoms. The number of hydrogen-bond donors (Lipinski definition) is 1. The normalized spacial score (nSPS) is 16.2. The maximum Gasteiger partial charge on any atom is 0.281 e. The molecule has 1 aromatic carbocycles. The van der Waals surface area contributed by atoms with Gasteiger partial charge in [0.05, 0.1) is 30.4 Å². The molecule has 142 valence electrons. The Hall–Kier alpha value is -2.47. The summed E-state index contributed by atoms with van der Waals surface area (Å²) in [5.74, 6) is -0.820. The lowest BCUT2D eigenvalue weighted by Crippen LogP contribution is -2.28. The molecule has 11 heteroatoms. The van der Waals surface area contributed by atoms with Gasteiger partial charge in [0, 0.05) is 20.1 Å². The number of hydroxylamine groups is 2. The molecule has 0 radical (unpaired) electrons. The summed E-state index contributed by atoms with van der Waals surface area (Å²) in [6, 6.07) is 7.86. The molecule has 0 aliphatic carbocycles. The Morgan fingerprint density at radius 3 is 3.14 bits per heavy atom. The number of halogens is 2. The molecular formula is C17H12FIN6O2S. The predicted molar refractivity (Wildman–Crippen MR) is 112 cm³/mol. The highest BCUT2D eigenvalue weighted by atomic mass is 127. The van der Waals surface area contributed by atoms with E-state index in [-0.39, 0.29) is 18.8 Å². The lowest BCUT2D eigenvalue weighted by atomic mass is 10.2. The van der Waals surface area contributed by atoms with Crippen LogP contribution in [0.15, 0.2) is 41.6 Å². The van der Waals surface area contributed by atoms with E-state index in [1.807, 2.05) is 22.6 Å². The standard InChI is InChI=1S/C17H12FIN6O2S/c18-12-6-9(19)3-4-13(12)22-16-14(11-2-1-5-21-15(11)28-16)17(26)25-7-10(8-27-25)23-24-20/h1-6,10,22H,7-8H2. The van der Waals surface area contributed by atoms with Gasteiger partial charge >= 0.3 is 0 Å². The Kier molecular flexibility index (Phi) is 5.31. The molecule has 1 fully saturated rings. The summed E-state index contributed by atoms with van der Waals surface area (Å²) in [7, 11) is 0. The molecule has 0 saturated carbocycles. The fourth-order valence-corrected chi connectivity index (χ4v) is 4.33. The van der Waals surface area contributed by atoms with Crippen molar-refractivity contribution in [3.63, 3.8) is 0 Å². The van der Waals surface area contributed by atoms with E-state index in [1.54, 1.807) is 30.5 Å². The zero-order valence-corrected chi connectivity index (χ0v) is 17.1. The number of hydrogen-bond acceptors (Lipinski definition) is 6. The molecule has 28 heavy (non-hydrogen) atoms. The van der Waals surface area contributed by atoms with Crippen LogP contribution in [0.5, 0.6) is 0 Å². The SMILES string of the molecule is [N-]=[N+]=NC1CON(C(=O)c2c(Nc3ccc(I)cc3F)sc3ncccc23)C1. The summed E-state index contributed by atoms with van der Waals surface area (Å²) in [5, 5.41) is 8.89. The Bertz CT molecular complexity index is 1120. The highest BCUT2D eigenvalue weighted by molar-refractivity contribution is 14.1. The molecule has 1 aliphatic rings. The Morgan fingerprint density at radius 1 is 1.50 bits per heavy atom. The second-order valence-corrected chi connectivity index (χ2v) is 8.18. The molecule has 1 N–H and O–H groups in total. The maximum atomic E-state index is 14.3. The highest BCUT2D eigenvalue weighted by Crippen LogP contribution is 2.38. The number of benzene rings is 1. The van der Waals surface area contributed by atoms with Gasteiger partial charge in [-0.15, -0.1) is 0 Å². The number of anilines is 2. The van der Waals surface area contributed by atoms with Crippen LogP contribution in [-0.4, -0.2) is 35.1 Å². The van der Waals surface area contributed by atoms with E-state index in [0.717, 1.165) is 3.57 Å². The Balaban J connectivity index is 1.73. The van der Waals surface area contributed by atoms with E-state index < -0.39 is 17.8 Å². The minimum atomic E-state index is -0.443. The molecule has 1 aliphatic heterocycles. The number of carbonyl (C=O) groups excluding carboxylic acids is 1. The molecule has 8 nitrogen and oxygen atoms in total. The third-order valence-electron chi connectivity index (χ3n) is 4.10. The molecule has 0 spiro atoms. The van der Waals surface area contributed by atoms with Gasteiger partial charge in [-0.2, -0.15) is 0 Å². The largest absolute Gasteiger partial charge is 0.344 e. The summed E-state index contributed by atoms with van der Waals surface area (Å²) in [6.07, 6.45) is 1.63. The van der Waals surface area contributed by atoms with Crippen molar-refractivity contribution in [3.05, 3.63) is 61.9 Å².